The fraction of sp³-hybridized carbons (Fsp3) is 0.812. The summed E-state index contributed by atoms with van der Waals surface area (Å²) in [4.78, 5) is 28.9. The first-order chi connectivity index (χ1) is 10.3. The van der Waals surface area contributed by atoms with Crippen molar-refractivity contribution in [1.29, 1.82) is 0 Å². The standard InChI is InChI=1S/2C7H14O2.C2H4O2/c2*1-2-3-4-5-6-7(8)9;1-2(3)4/h2*2-6H2,1H3,(H,8,9);1H3,(H,3,4). The highest BCUT2D eigenvalue weighted by Crippen LogP contribution is 2.01. The van der Waals surface area contributed by atoms with Crippen molar-refractivity contribution >= 4 is 17.9 Å². The van der Waals surface area contributed by atoms with Gasteiger partial charge in [-0.05, 0) is 12.8 Å². The molecule has 0 spiro atoms. The summed E-state index contributed by atoms with van der Waals surface area (Å²) in [6, 6.07) is 0. The van der Waals surface area contributed by atoms with Crippen LogP contribution >= 0.6 is 0 Å². The fourth-order valence-corrected chi connectivity index (χ4v) is 1.41. The lowest BCUT2D eigenvalue weighted by molar-refractivity contribution is -0.138. The molecule has 0 bridgehead atoms. The molecule has 22 heavy (non-hydrogen) atoms. The van der Waals surface area contributed by atoms with Crippen molar-refractivity contribution in [3.63, 3.8) is 0 Å². The molecule has 0 radical (unpaired) electrons. The van der Waals surface area contributed by atoms with E-state index in [1.165, 1.54) is 12.8 Å². The average molecular weight is 320 g/mol. The smallest absolute Gasteiger partial charge is 0.303 e. The third-order valence-corrected chi connectivity index (χ3v) is 2.49. The minimum absolute atomic E-state index is 0.333. The summed E-state index contributed by atoms with van der Waals surface area (Å²) in [5.41, 5.74) is 0. The Morgan fingerprint density at radius 2 is 0.909 bits per heavy atom. The zero-order chi connectivity index (χ0) is 17.8. The van der Waals surface area contributed by atoms with Gasteiger partial charge >= 0.3 is 11.9 Å². The van der Waals surface area contributed by atoms with E-state index >= 15 is 0 Å². The normalized spacial score (nSPS) is 8.86. The number of aliphatic carboxylic acids is 3. The Morgan fingerprint density at radius 1 is 0.636 bits per heavy atom. The lowest BCUT2D eigenvalue weighted by Gasteiger charge is -1.92. The summed E-state index contributed by atoms with van der Waals surface area (Å²) in [7, 11) is 0. The van der Waals surface area contributed by atoms with Gasteiger partial charge in [0.05, 0.1) is 0 Å². The van der Waals surface area contributed by atoms with Crippen LogP contribution in [0.1, 0.15) is 85.0 Å². The van der Waals surface area contributed by atoms with Crippen molar-refractivity contribution in [3.05, 3.63) is 0 Å². The molecule has 0 saturated carbocycles. The number of carbonyl (C=O) groups is 3. The summed E-state index contributed by atoms with van der Waals surface area (Å²) in [6.07, 6.45) is 9.11. The van der Waals surface area contributed by atoms with Gasteiger partial charge < -0.3 is 15.3 Å². The van der Waals surface area contributed by atoms with Crippen LogP contribution in [0.2, 0.25) is 0 Å². The van der Waals surface area contributed by atoms with Gasteiger partial charge in [-0.15, -0.1) is 0 Å². The number of unbranched alkanes of at least 4 members (excludes halogenated alkanes) is 6. The minimum Gasteiger partial charge on any atom is -0.481 e. The molecule has 6 nitrogen and oxygen atoms in total. The molecule has 0 aliphatic rings. The van der Waals surface area contributed by atoms with Crippen LogP contribution in [0.3, 0.4) is 0 Å². The van der Waals surface area contributed by atoms with E-state index in [2.05, 4.69) is 13.8 Å². The molecule has 0 heterocycles. The van der Waals surface area contributed by atoms with E-state index < -0.39 is 17.9 Å². The predicted molar refractivity (Wildman–Crippen MR) is 86.1 cm³/mol. The summed E-state index contributed by atoms with van der Waals surface area (Å²) >= 11 is 0. The Morgan fingerprint density at radius 3 is 1.09 bits per heavy atom. The van der Waals surface area contributed by atoms with Gasteiger partial charge in [-0.2, -0.15) is 0 Å². The van der Waals surface area contributed by atoms with Crippen LogP contribution < -0.4 is 0 Å². The highest BCUT2D eigenvalue weighted by Gasteiger charge is 1.94. The Hall–Kier alpha value is -1.59. The van der Waals surface area contributed by atoms with Crippen molar-refractivity contribution < 1.29 is 29.7 Å². The highest BCUT2D eigenvalue weighted by molar-refractivity contribution is 5.66. The van der Waals surface area contributed by atoms with E-state index in [0.29, 0.717) is 12.8 Å². The number of rotatable bonds is 10. The predicted octanol–water partition coefficient (Wildman–Crippen LogP) is 4.17. The topological polar surface area (TPSA) is 112 Å². The zero-order valence-corrected chi connectivity index (χ0v) is 14.1. The molecule has 3 N–H and O–H groups in total. The van der Waals surface area contributed by atoms with Crippen molar-refractivity contribution in [3.8, 4) is 0 Å². The van der Waals surface area contributed by atoms with Gasteiger partial charge in [0.2, 0.25) is 0 Å². The van der Waals surface area contributed by atoms with Crippen molar-refractivity contribution in [2.24, 2.45) is 0 Å². The van der Waals surface area contributed by atoms with Gasteiger partial charge in [0, 0.05) is 19.8 Å². The largest absolute Gasteiger partial charge is 0.481 e. The van der Waals surface area contributed by atoms with E-state index in [9.17, 15) is 9.59 Å². The van der Waals surface area contributed by atoms with E-state index in [1.807, 2.05) is 0 Å². The Kier molecular flexibility index (Phi) is 25.0. The molecular formula is C16H32O6. The maximum absolute atomic E-state index is 9.96. The Balaban J connectivity index is -0.000000266. The number of carboxylic acid groups (broad SMARTS) is 3. The minimum atomic E-state index is -0.833. The first-order valence-corrected chi connectivity index (χ1v) is 7.90. The van der Waals surface area contributed by atoms with Gasteiger partial charge in [0.1, 0.15) is 0 Å². The van der Waals surface area contributed by atoms with E-state index in [1.54, 1.807) is 0 Å². The molecule has 0 amide bonds. The molecule has 0 saturated heterocycles. The van der Waals surface area contributed by atoms with Gasteiger partial charge in [-0.1, -0.05) is 52.4 Å². The molecule has 0 atom stereocenters. The summed E-state index contributed by atoms with van der Waals surface area (Å²) in [5.74, 6) is -2.18. The summed E-state index contributed by atoms with van der Waals surface area (Å²) in [5, 5.41) is 23.8. The first-order valence-electron chi connectivity index (χ1n) is 7.90. The van der Waals surface area contributed by atoms with E-state index in [-0.39, 0.29) is 0 Å². The number of carboxylic acids is 3. The van der Waals surface area contributed by atoms with Crippen LogP contribution in [0.15, 0.2) is 0 Å². The Labute approximate surface area is 133 Å². The SMILES string of the molecule is CC(=O)O.CCCCCCC(=O)O.CCCCCCC(=O)O. The second kappa shape index (κ2) is 21.7. The molecule has 0 aromatic rings. The lowest BCUT2D eigenvalue weighted by atomic mass is 10.2. The summed E-state index contributed by atoms with van der Waals surface area (Å²) < 4.78 is 0. The van der Waals surface area contributed by atoms with Gasteiger partial charge in [0.25, 0.3) is 5.97 Å². The zero-order valence-electron chi connectivity index (χ0n) is 14.1. The molecule has 6 heteroatoms. The van der Waals surface area contributed by atoms with Crippen molar-refractivity contribution in [2.45, 2.75) is 85.0 Å². The third-order valence-electron chi connectivity index (χ3n) is 2.49. The van der Waals surface area contributed by atoms with Crippen LogP contribution in [0.4, 0.5) is 0 Å². The molecular weight excluding hydrogens is 288 g/mol. The monoisotopic (exact) mass is 320 g/mol. The lowest BCUT2D eigenvalue weighted by Crippen LogP contribution is -1.92. The molecule has 0 aromatic heterocycles. The molecule has 0 fully saturated rings. The fourth-order valence-electron chi connectivity index (χ4n) is 1.41. The quantitative estimate of drug-likeness (QED) is 0.521. The molecule has 0 unspecified atom stereocenters. The average Bonchev–Trinajstić information content (AvgIpc) is 2.39. The maximum atomic E-state index is 9.96. The summed E-state index contributed by atoms with van der Waals surface area (Å²) in [6.45, 7) is 5.31. The molecule has 132 valence electrons. The van der Waals surface area contributed by atoms with Crippen LogP contribution in [0.25, 0.3) is 0 Å². The van der Waals surface area contributed by atoms with Crippen LogP contribution in [0, 0.1) is 0 Å². The van der Waals surface area contributed by atoms with Crippen LogP contribution in [-0.2, 0) is 14.4 Å². The Bertz CT molecular complexity index is 250. The van der Waals surface area contributed by atoms with Crippen LogP contribution in [-0.4, -0.2) is 33.2 Å². The third kappa shape index (κ3) is 51.5. The molecule has 0 rings (SSSR count). The molecule has 0 aromatic carbocycles. The maximum Gasteiger partial charge on any atom is 0.303 e. The van der Waals surface area contributed by atoms with Gasteiger partial charge in [0.15, 0.2) is 0 Å². The highest BCUT2D eigenvalue weighted by atomic mass is 16.4. The number of hydrogen-bond donors (Lipinski definition) is 3. The second-order valence-corrected chi connectivity index (χ2v) is 4.93. The molecule has 0 aliphatic carbocycles. The van der Waals surface area contributed by atoms with Gasteiger partial charge in [-0.25, -0.2) is 0 Å². The van der Waals surface area contributed by atoms with Crippen molar-refractivity contribution in [1.82, 2.24) is 0 Å². The second-order valence-electron chi connectivity index (χ2n) is 4.93. The molecule has 0 aliphatic heterocycles. The van der Waals surface area contributed by atoms with Crippen LogP contribution in [0.5, 0.6) is 0 Å². The van der Waals surface area contributed by atoms with E-state index in [4.69, 9.17) is 20.1 Å². The van der Waals surface area contributed by atoms with E-state index in [0.717, 1.165) is 45.4 Å². The van der Waals surface area contributed by atoms with Crippen molar-refractivity contribution in [2.75, 3.05) is 0 Å². The first kappa shape index (κ1) is 25.4. The van der Waals surface area contributed by atoms with Gasteiger partial charge in [-0.3, -0.25) is 14.4 Å². The number of hydrogen-bond acceptors (Lipinski definition) is 3.